The second-order valence-corrected chi connectivity index (χ2v) is 4.97. The van der Waals surface area contributed by atoms with Crippen molar-refractivity contribution in [1.82, 2.24) is 5.32 Å². The van der Waals surface area contributed by atoms with Gasteiger partial charge in [-0.15, -0.1) is 0 Å². The molecule has 1 aromatic rings. The van der Waals surface area contributed by atoms with Crippen LogP contribution in [0.25, 0.3) is 0 Å². The molecule has 0 unspecified atom stereocenters. The van der Waals surface area contributed by atoms with Crippen molar-refractivity contribution in [2.75, 3.05) is 11.9 Å². The fraction of sp³-hybridized carbons (Fsp3) is 0.364. The van der Waals surface area contributed by atoms with Gasteiger partial charge >= 0.3 is 0 Å². The minimum atomic E-state index is -0.530. The lowest BCUT2D eigenvalue weighted by atomic mass is 10.2. The van der Waals surface area contributed by atoms with Gasteiger partial charge in [0.15, 0.2) is 5.11 Å². The lowest BCUT2D eigenvalue weighted by Gasteiger charge is -2.12. The van der Waals surface area contributed by atoms with E-state index >= 15 is 0 Å². The number of anilines is 1. The number of thiocarbonyl (C=S) groups is 1. The fourth-order valence-corrected chi connectivity index (χ4v) is 1.59. The summed E-state index contributed by atoms with van der Waals surface area (Å²) in [5.41, 5.74) is 0.390. The molecule has 5 nitrogen and oxygen atoms in total. The summed E-state index contributed by atoms with van der Waals surface area (Å²) in [4.78, 5) is 10.2. The first kappa shape index (κ1) is 14.7. The lowest BCUT2D eigenvalue weighted by molar-refractivity contribution is -0.384. The second kappa shape index (κ2) is 6.51. The Bertz CT molecular complexity index is 466. The van der Waals surface area contributed by atoms with Gasteiger partial charge in [-0.05, 0) is 30.3 Å². The smallest absolute Gasteiger partial charge is 0.289 e. The van der Waals surface area contributed by atoms with E-state index in [1.54, 1.807) is 6.07 Å². The first-order chi connectivity index (χ1) is 8.40. The highest BCUT2D eigenvalue weighted by atomic mass is 35.5. The number of benzene rings is 1. The number of nitrogens with zero attached hydrogens (tertiary/aromatic N) is 1. The van der Waals surface area contributed by atoms with Crippen LogP contribution in [0.15, 0.2) is 18.2 Å². The standard InChI is InChI=1S/C11H14ClN3O2S/c1-7(2)6-13-11(18)14-8-3-4-9(12)10(5-8)15(16)17/h3-5,7H,6H2,1-2H3,(H2,13,14,18). The molecule has 2 N–H and O–H groups in total. The summed E-state index contributed by atoms with van der Waals surface area (Å²) >= 11 is 10.8. The van der Waals surface area contributed by atoms with E-state index in [0.29, 0.717) is 16.7 Å². The highest BCUT2D eigenvalue weighted by Crippen LogP contribution is 2.27. The molecule has 0 atom stereocenters. The van der Waals surface area contributed by atoms with Crippen LogP contribution in [0.4, 0.5) is 11.4 Å². The molecule has 0 saturated carbocycles. The van der Waals surface area contributed by atoms with Gasteiger partial charge in [0, 0.05) is 18.3 Å². The Kier molecular flexibility index (Phi) is 5.30. The number of nitrogens with one attached hydrogen (secondary N) is 2. The van der Waals surface area contributed by atoms with E-state index in [-0.39, 0.29) is 10.7 Å². The van der Waals surface area contributed by atoms with E-state index in [0.717, 1.165) is 6.54 Å². The molecule has 1 rings (SSSR count). The van der Waals surface area contributed by atoms with Crippen LogP contribution in [-0.4, -0.2) is 16.6 Å². The summed E-state index contributed by atoms with van der Waals surface area (Å²) in [6.45, 7) is 4.85. The zero-order valence-electron chi connectivity index (χ0n) is 10.1. The molecule has 0 fully saturated rings. The molecular weight excluding hydrogens is 274 g/mol. The second-order valence-electron chi connectivity index (χ2n) is 4.15. The summed E-state index contributed by atoms with van der Waals surface area (Å²) < 4.78 is 0. The van der Waals surface area contributed by atoms with Crippen LogP contribution < -0.4 is 10.6 Å². The third kappa shape index (κ3) is 4.46. The van der Waals surface area contributed by atoms with Crippen LogP contribution >= 0.6 is 23.8 Å². The van der Waals surface area contributed by atoms with Crippen molar-refractivity contribution in [1.29, 1.82) is 0 Å². The summed E-state index contributed by atoms with van der Waals surface area (Å²) in [6.07, 6.45) is 0. The van der Waals surface area contributed by atoms with E-state index in [1.165, 1.54) is 12.1 Å². The van der Waals surface area contributed by atoms with Crippen molar-refractivity contribution in [3.63, 3.8) is 0 Å². The normalized spacial score (nSPS) is 10.2. The predicted octanol–water partition coefficient (Wildman–Crippen LogP) is 3.19. The molecule has 0 saturated heterocycles. The van der Waals surface area contributed by atoms with Gasteiger partial charge in [-0.2, -0.15) is 0 Å². The number of rotatable bonds is 4. The summed E-state index contributed by atoms with van der Waals surface area (Å²) in [5, 5.41) is 17.1. The van der Waals surface area contributed by atoms with Crippen LogP contribution in [-0.2, 0) is 0 Å². The topological polar surface area (TPSA) is 67.2 Å². The van der Waals surface area contributed by atoms with Gasteiger partial charge in [0.1, 0.15) is 5.02 Å². The van der Waals surface area contributed by atoms with Crippen LogP contribution in [0.5, 0.6) is 0 Å². The number of hydrogen-bond donors (Lipinski definition) is 2. The van der Waals surface area contributed by atoms with Crippen LogP contribution in [0.1, 0.15) is 13.8 Å². The molecule has 0 aromatic heterocycles. The zero-order valence-corrected chi connectivity index (χ0v) is 11.6. The zero-order chi connectivity index (χ0) is 13.7. The monoisotopic (exact) mass is 287 g/mol. The highest BCUT2D eigenvalue weighted by Gasteiger charge is 2.13. The van der Waals surface area contributed by atoms with E-state index < -0.39 is 4.92 Å². The van der Waals surface area contributed by atoms with Crippen molar-refractivity contribution in [3.05, 3.63) is 33.3 Å². The fourth-order valence-electron chi connectivity index (χ4n) is 1.20. The molecule has 0 aliphatic heterocycles. The van der Waals surface area contributed by atoms with Crippen molar-refractivity contribution >= 4 is 40.3 Å². The summed E-state index contributed by atoms with van der Waals surface area (Å²) in [6, 6.07) is 4.46. The maximum atomic E-state index is 10.7. The third-order valence-electron chi connectivity index (χ3n) is 2.07. The molecule has 0 radical (unpaired) electrons. The Morgan fingerprint density at radius 3 is 2.78 bits per heavy atom. The van der Waals surface area contributed by atoms with Gasteiger partial charge < -0.3 is 10.6 Å². The third-order valence-corrected chi connectivity index (χ3v) is 2.64. The highest BCUT2D eigenvalue weighted by molar-refractivity contribution is 7.80. The van der Waals surface area contributed by atoms with Crippen molar-refractivity contribution < 1.29 is 4.92 Å². The number of nitro benzene ring substituents is 1. The number of nitro groups is 1. The van der Waals surface area contributed by atoms with E-state index in [9.17, 15) is 10.1 Å². The van der Waals surface area contributed by atoms with Crippen LogP contribution in [0.2, 0.25) is 5.02 Å². The van der Waals surface area contributed by atoms with Crippen LogP contribution in [0.3, 0.4) is 0 Å². The van der Waals surface area contributed by atoms with Gasteiger partial charge in [0.2, 0.25) is 0 Å². The molecule has 18 heavy (non-hydrogen) atoms. The molecular formula is C11H14ClN3O2S. The molecule has 0 heterocycles. The van der Waals surface area contributed by atoms with Crippen molar-refractivity contribution in [3.8, 4) is 0 Å². The van der Waals surface area contributed by atoms with Crippen molar-refractivity contribution in [2.45, 2.75) is 13.8 Å². The van der Waals surface area contributed by atoms with Gasteiger partial charge in [-0.25, -0.2) is 0 Å². The molecule has 98 valence electrons. The summed E-state index contributed by atoms with van der Waals surface area (Å²) in [5.74, 6) is 0.462. The van der Waals surface area contributed by atoms with E-state index in [1.807, 2.05) is 0 Å². The Hall–Kier alpha value is -1.40. The van der Waals surface area contributed by atoms with Gasteiger partial charge in [0.25, 0.3) is 5.69 Å². The lowest BCUT2D eigenvalue weighted by Crippen LogP contribution is -2.31. The van der Waals surface area contributed by atoms with Gasteiger partial charge in [-0.1, -0.05) is 25.4 Å². The van der Waals surface area contributed by atoms with Gasteiger partial charge in [0.05, 0.1) is 4.92 Å². The van der Waals surface area contributed by atoms with Crippen molar-refractivity contribution in [2.24, 2.45) is 5.92 Å². The van der Waals surface area contributed by atoms with E-state index in [2.05, 4.69) is 24.5 Å². The minimum absolute atomic E-state index is 0.103. The molecule has 0 aliphatic carbocycles. The SMILES string of the molecule is CC(C)CNC(=S)Nc1ccc(Cl)c([N+](=O)[O-])c1. The Morgan fingerprint density at radius 1 is 1.56 bits per heavy atom. The minimum Gasteiger partial charge on any atom is -0.362 e. The molecule has 0 spiro atoms. The predicted molar refractivity (Wildman–Crippen MR) is 77.2 cm³/mol. The maximum Gasteiger partial charge on any atom is 0.289 e. The maximum absolute atomic E-state index is 10.7. The number of halogens is 1. The van der Waals surface area contributed by atoms with Crippen LogP contribution in [0, 0.1) is 16.0 Å². The molecule has 0 bridgehead atoms. The van der Waals surface area contributed by atoms with E-state index in [4.69, 9.17) is 23.8 Å². The average molecular weight is 288 g/mol. The van der Waals surface area contributed by atoms with Gasteiger partial charge in [-0.3, -0.25) is 10.1 Å². The summed E-state index contributed by atoms with van der Waals surface area (Å²) in [7, 11) is 0. The Balaban J connectivity index is 2.70. The molecule has 7 heteroatoms. The first-order valence-corrected chi connectivity index (χ1v) is 6.17. The molecule has 0 aliphatic rings. The largest absolute Gasteiger partial charge is 0.362 e. The average Bonchev–Trinajstić information content (AvgIpc) is 2.28. The first-order valence-electron chi connectivity index (χ1n) is 5.39. The molecule has 0 amide bonds. The number of hydrogen-bond acceptors (Lipinski definition) is 3. The Labute approximate surface area is 116 Å². The molecule has 1 aromatic carbocycles. The Morgan fingerprint density at radius 2 is 2.22 bits per heavy atom. The quantitative estimate of drug-likeness (QED) is 0.506.